The summed E-state index contributed by atoms with van der Waals surface area (Å²) in [5, 5.41) is 0. The molecule has 0 N–H and O–H groups in total. The lowest BCUT2D eigenvalue weighted by Crippen LogP contribution is -2.30. The monoisotopic (exact) mass is 941 g/mol. The van der Waals surface area contributed by atoms with E-state index in [9.17, 15) is 14.4 Å². The summed E-state index contributed by atoms with van der Waals surface area (Å²) in [7, 11) is 0. The standard InChI is InChI=1S/C62H100O6/c1-4-7-10-13-16-19-22-25-28-31-32-35-37-40-43-46-49-52-55-61(64)67-58-59(68-62(65)56-53-50-47-44-41-38-34-30-27-24-21-18-15-12-9-6-3)57-66-60(63)54-51-48-45-42-39-36-33-29-26-23-20-17-14-11-8-5-2/h9,12,16,18-19,21-22,25,27-33,35,38,41,47,50,59H,4-8,10-11,13-15,17,20,23-24,26,34,36-37,39-40,42-46,48-49,51-58H2,1-3H3/b12-9-,19-16-,21-18-,25-22-,30-27-,31-28-,33-29-,35-32-,41-38-,50-47-. The Bertz CT molecular complexity index is 1450. The molecule has 0 radical (unpaired) electrons. The number of unbranched alkanes of at least 4 members (excludes halogenated alkanes) is 20. The van der Waals surface area contributed by atoms with Crippen LogP contribution in [0.2, 0.25) is 0 Å². The maximum Gasteiger partial charge on any atom is 0.306 e. The first-order valence-electron chi connectivity index (χ1n) is 27.6. The van der Waals surface area contributed by atoms with Crippen molar-refractivity contribution in [3.8, 4) is 0 Å². The number of carbonyl (C=O) groups is 3. The van der Waals surface area contributed by atoms with Crippen molar-refractivity contribution in [3.63, 3.8) is 0 Å². The Morgan fingerprint density at radius 1 is 0.324 bits per heavy atom. The molecule has 0 fully saturated rings. The molecule has 1 atom stereocenters. The average molecular weight is 941 g/mol. The molecule has 0 aromatic rings. The summed E-state index contributed by atoms with van der Waals surface area (Å²) < 4.78 is 16.7. The fourth-order valence-electron chi connectivity index (χ4n) is 7.14. The van der Waals surface area contributed by atoms with E-state index in [1.165, 1.54) is 77.0 Å². The molecule has 0 saturated carbocycles. The predicted molar refractivity (Wildman–Crippen MR) is 293 cm³/mol. The van der Waals surface area contributed by atoms with Crippen LogP contribution in [0.5, 0.6) is 0 Å². The molecule has 0 amide bonds. The molecule has 0 aliphatic heterocycles. The molecule has 6 heteroatoms. The maximum absolute atomic E-state index is 12.8. The second-order valence-electron chi connectivity index (χ2n) is 17.8. The number of hydrogen-bond donors (Lipinski definition) is 0. The Hall–Kier alpha value is -4.19. The fourth-order valence-corrected chi connectivity index (χ4v) is 7.14. The van der Waals surface area contributed by atoms with Gasteiger partial charge in [-0.15, -0.1) is 0 Å². The SMILES string of the molecule is CC/C=C\C/C=C\C/C=C\C/C=C\C/C=C\CCC(=O)OC(COC(=O)CCCCCCC\C=C/C=C\C=C/C=C\CCCCC)COC(=O)CCCCCCC/C=C\CCCCCCCCC. The predicted octanol–water partition coefficient (Wildman–Crippen LogP) is 18.5. The van der Waals surface area contributed by atoms with Crippen LogP contribution in [0, 0.1) is 0 Å². The largest absolute Gasteiger partial charge is 0.462 e. The summed E-state index contributed by atoms with van der Waals surface area (Å²) in [5.74, 6) is -1.04. The van der Waals surface area contributed by atoms with Crippen molar-refractivity contribution in [2.45, 2.75) is 239 Å². The van der Waals surface area contributed by atoms with Crippen molar-refractivity contribution in [2.24, 2.45) is 0 Å². The molecule has 0 heterocycles. The third kappa shape index (κ3) is 52.8. The molecule has 0 aromatic carbocycles. The first-order chi connectivity index (χ1) is 33.5. The van der Waals surface area contributed by atoms with E-state index >= 15 is 0 Å². The summed E-state index contributed by atoms with van der Waals surface area (Å²) in [6.07, 6.45) is 76.2. The smallest absolute Gasteiger partial charge is 0.306 e. The van der Waals surface area contributed by atoms with Gasteiger partial charge in [0.15, 0.2) is 6.10 Å². The Morgan fingerprint density at radius 3 is 1.12 bits per heavy atom. The molecule has 0 aliphatic rings. The van der Waals surface area contributed by atoms with Crippen LogP contribution in [0.3, 0.4) is 0 Å². The van der Waals surface area contributed by atoms with Crippen LogP contribution in [0.25, 0.3) is 0 Å². The zero-order valence-corrected chi connectivity index (χ0v) is 43.8. The minimum Gasteiger partial charge on any atom is -0.462 e. The van der Waals surface area contributed by atoms with Crippen LogP contribution in [0.15, 0.2) is 122 Å². The van der Waals surface area contributed by atoms with Gasteiger partial charge in [-0.2, -0.15) is 0 Å². The van der Waals surface area contributed by atoms with Gasteiger partial charge in [0, 0.05) is 19.3 Å². The molecule has 0 saturated heterocycles. The average Bonchev–Trinajstić information content (AvgIpc) is 3.34. The summed E-state index contributed by atoms with van der Waals surface area (Å²) in [5.41, 5.74) is 0. The van der Waals surface area contributed by atoms with Crippen LogP contribution < -0.4 is 0 Å². The van der Waals surface area contributed by atoms with Crippen molar-refractivity contribution < 1.29 is 28.6 Å². The van der Waals surface area contributed by atoms with E-state index in [0.29, 0.717) is 19.3 Å². The highest BCUT2D eigenvalue weighted by atomic mass is 16.6. The van der Waals surface area contributed by atoms with Crippen LogP contribution in [0.1, 0.15) is 233 Å². The Morgan fingerprint density at radius 2 is 0.662 bits per heavy atom. The van der Waals surface area contributed by atoms with E-state index in [4.69, 9.17) is 14.2 Å². The second-order valence-corrected chi connectivity index (χ2v) is 17.8. The van der Waals surface area contributed by atoms with E-state index in [1.54, 1.807) is 0 Å². The van der Waals surface area contributed by atoms with E-state index in [2.05, 4.69) is 130 Å². The highest BCUT2D eigenvalue weighted by Gasteiger charge is 2.19. The third-order valence-corrected chi connectivity index (χ3v) is 11.3. The molecule has 6 nitrogen and oxygen atoms in total. The summed E-state index contributed by atoms with van der Waals surface area (Å²) in [6, 6.07) is 0. The first kappa shape index (κ1) is 63.8. The number of ether oxygens (including phenoxy) is 3. The molecule has 0 rings (SSSR count). The minimum absolute atomic E-state index is 0.123. The van der Waals surface area contributed by atoms with Gasteiger partial charge < -0.3 is 14.2 Å². The Labute approximate surface area is 418 Å². The maximum atomic E-state index is 12.8. The fraction of sp³-hybridized carbons (Fsp3) is 0.629. The molecule has 0 bridgehead atoms. The lowest BCUT2D eigenvalue weighted by molar-refractivity contribution is -0.166. The van der Waals surface area contributed by atoms with Crippen molar-refractivity contribution >= 4 is 17.9 Å². The second kappa shape index (κ2) is 55.4. The lowest BCUT2D eigenvalue weighted by atomic mass is 10.1. The van der Waals surface area contributed by atoms with Crippen molar-refractivity contribution in [3.05, 3.63) is 122 Å². The van der Waals surface area contributed by atoms with Gasteiger partial charge in [-0.25, -0.2) is 0 Å². The van der Waals surface area contributed by atoms with Gasteiger partial charge in [0.2, 0.25) is 0 Å². The Balaban J connectivity index is 4.57. The van der Waals surface area contributed by atoms with Crippen molar-refractivity contribution in [1.82, 2.24) is 0 Å². The topological polar surface area (TPSA) is 78.9 Å². The zero-order chi connectivity index (χ0) is 49.3. The van der Waals surface area contributed by atoms with E-state index in [0.717, 1.165) is 109 Å². The van der Waals surface area contributed by atoms with Gasteiger partial charge in [-0.1, -0.05) is 232 Å². The van der Waals surface area contributed by atoms with Gasteiger partial charge in [-0.05, 0) is 103 Å². The highest BCUT2D eigenvalue weighted by Crippen LogP contribution is 2.13. The van der Waals surface area contributed by atoms with Crippen LogP contribution in [0.4, 0.5) is 0 Å². The van der Waals surface area contributed by atoms with Gasteiger partial charge in [0.25, 0.3) is 0 Å². The highest BCUT2D eigenvalue weighted by molar-refractivity contribution is 5.71. The number of carbonyl (C=O) groups excluding carboxylic acids is 3. The van der Waals surface area contributed by atoms with E-state index in [1.807, 2.05) is 12.2 Å². The Kier molecular flexibility index (Phi) is 52.0. The summed E-state index contributed by atoms with van der Waals surface area (Å²) in [6.45, 7) is 6.39. The number of hydrogen-bond acceptors (Lipinski definition) is 6. The number of allylic oxidation sites excluding steroid dienone is 20. The quantitative estimate of drug-likeness (QED) is 0.0199. The molecule has 0 spiro atoms. The van der Waals surface area contributed by atoms with Gasteiger partial charge in [-0.3, -0.25) is 14.4 Å². The van der Waals surface area contributed by atoms with E-state index in [-0.39, 0.29) is 31.6 Å². The molecule has 68 heavy (non-hydrogen) atoms. The van der Waals surface area contributed by atoms with Crippen LogP contribution >= 0.6 is 0 Å². The molecular formula is C62H100O6. The van der Waals surface area contributed by atoms with Crippen molar-refractivity contribution in [2.75, 3.05) is 13.2 Å². The van der Waals surface area contributed by atoms with Gasteiger partial charge in [0.1, 0.15) is 13.2 Å². The zero-order valence-electron chi connectivity index (χ0n) is 43.8. The van der Waals surface area contributed by atoms with E-state index < -0.39 is 12.1 Å². The van der Waals surface area contributed by atoms with Crippen LogP contribution in [-0.2, 0) is 28.6 Å². The molecule has 1 unspecified atom stereocenters. The van der Waals surface area contributed by atoms with Gasteiger partial charge in [0.05, 0.1) is 0 Å². The molecule has 0 aliphatic carbocycles. The molecular weight excluding hydrogens is 841 g/mol. The lowest BCUT2D eigenvalue weighted by Gasteiger charge is -2.18. The third-order valence-electron chi connectivity index (χ3n) is 11.3. The van der Waals surface area contributed by atoms with Crippen LogP contribution in [-0.4, -0.2) is 37.2 Å². The first-order valence-corrected chi connectivity index (χ1v) is 27.6. The molecule has 384 valence electrons. The minimum atomic E-state index is -0.835. The summed E-state index contributed by atoms with van der Waals surface area (Å²) >= 11 is 0. The summed E-state index contributed by atoms with van der Waals surface area (Å²) in [4.78, 5) is 38.1. The van der Waals surface area contributed by atoms with Crippen molar-refractivity contribution in [1.29, 1.82) is 0 Å². The normalized spacial score (nSPS) is 13.0. The van der Waals surface area contributed by atoms with Gasteiger partial charge >= 0.3 is 17.9 Å². The number of rotatable bonds is 48. The number of esters is 3. The molecule has 0 aromatic heterocycles.